The molecular formula is C9H20N2O. The van der Waals surface area contributed by atoms with Crippen LogP contribution in [0.2, 0.25) is 0 Å². The first-order valence-corrected chi connectivity index (χ1v) is 4.70. The molecule has 12 heavy (non-hydrogen) atoms. The number of piperazine rings is 1. The molecule has 0 bridgehead atoms. The van der Waals surface area contributed by atoms with Crippen LogP contribution in [0, 0.1) is 0 Å². The zero-order chi connectivity index (χ0) is 9.14. The zero-order valence-electron chi connectivity index (χ0n) is 8.32. The minimum Gasteiger partial charge on any atom is -0.392 e. The van der Waals surface area contributed by atoms with Crippen LogP contribution in [0.4, 0.5) is 0 Å². The molecule has 3 heteroatoms. The van der Waals surface area contributed by atoms with Crippen molar-refractivity contribution < 1.29 is 5.11 Å². The Morgan fingerprint density at radius 1 is 1.50 bits per heavy atom. The third kappa shape index (κ3) is 2.73. The summed E-state index contributed by atoms with van der Waals surface area (Å²) < 4.78 is 0. The summed E-state index contributed by atoms with van der Waals surface area (Å²) in [4.78, 5) is 4.69. The largest absolute Gasteiger partial charge is 0.392 e. The van der Waals surface area contributed by atoms with E-state index in [2.05, 4.69) is 23.8 Å². The summed E-state index contributed by atoms with van der Waals surface area (Å²) in [6.07, 6.45) is -0.194. The molecule has 0 aromatic heterocycles. The molecule has 0 spiro atoms. The van der Waals surface area contributed by atoms with Gasteiger partial charge in [0.05, 0.1) is 6.10 Å². The highest BCUT2D eigenvalue weighted by Crippen LogP contribution is 2.06. The molecule has 0 aliphatic carbocycles. The molecule has 0 amide bonds. The Hall–Kier alpha value is -0.120. The number of nitrogens with zero attached hydrogens (tertiary/aromatic N) is 2. The summed E-state index contributed by atoms with van der Waals surface area (Å²) in [6.45, 7) is 8.19. The van der Waals surface area contributed by atoms with Crippen LogP contribution < -0.4 is 0 Å². The van der Waals surface area contributed by atoms with Crippen molar-refractivity contribution in [1.29, 1.82) is 0 Å². The fourth-order valence-corrected chi connectivity index (χ4v) is 1.66. The van der Waals surface area contributed by atoms with E-state index in [9.17, 15) is 5.11 Å². The van der Waals surface area contributed by atoms with Crippen LogP contribution in [0.1, 0.15) is 13.8 Å². The lowest BCUT2D eigenvalue weighted by Crippen LogP contribution is -2.51. The normalized spacial score (nSPS) is 30.5. The highest BCUT2D eigenvalue weighted by Gasteiger charge is 2.20. The standard InChI is InChI=1S/C9H20N2O/c1-8-6-11(7-9(2)12)5-4-10(8)3/h8-9,12H,4-7H2,1-3H3/t8?,9-/m0/s1. The quantitative estimate of drug-likeness (QED) is 0.635. The summed E-state index contributed by atoms with van der Waals surface area (Å²) in [6, 6.07) is 0.623. The molecule has 0 aromatic carbocycles. The summed E-state index contributed by atoms with van der Waals surface area (Å²) in [7, 11) is 2.16. The average Bonchev–Trinajstić information content (AvgIpc) is 1.96. The second-order valence-corrected chi connectivity index (χ2v) is 3.94. The maximum absolute atomic E-state index is 9.20. The minimum atomic E-state index is -0.194. The van der Waals surface area contributed by atoms with Gasteiger partial charge in [-0.25, -0.2) is 0 Å². The number of β-amino-alcohol motifs (C(OH)–C–C–N with tert-alkyl or cyclic N) is 1. The van der Waals surface area contributed by atoms with Crippen molar-refractivity contribution in [3.8, 4) is 0 Å². The minimum absolute atomic E-state index is 0.194. The summed E-state index contributed by atoms with van der Waals surface area (Å²) >= 11 is 0. The third-order valence-corrected chi connectivity index (χ3v) is 2.57. The van der Waals surface area contributed by atoms with Gasteiger partial charge in [-0.3, -0.25) is 4.90 Å². The third-order valence-electron chi connectivity index (χ3n) is 2.57. The Labute approximate surface area is 75.0 Å². The molecular weight excluding hydrogens is 152 g/mol. The van der Waals surface area contributed by atoms with Crippen LogP contribution >= 0.6 is 0 Å². The van der Waals surface area contributed by atoms with Crippen LogP contribution in [0.15, 0.2) is 0 Å². The van der Waals surface area contributed by atoms with E-state index in [4.69, 9.17) is 0 Å². The fourth-order valence-electron chi connectivity index (χ4n) is 1.66. The predicted octanol–water partition coefficient (Wildman–Crippen LogP) is 0.00310. The van der Waals surface area contributed by atoms with Crippen LogP contribution in [-0.2, 0) is 0 Å². The Morgan fingerprint density at radius 2 is 2.17 bits per heavy atom. The topological polar surface area (TPSA) is 26.7 Å². The average molecular weight is 172 g/mol. The van der Waals surface area contributed by atoms with Gasteiger partial charge < -0.3 is 10.0 Å². The lowest BCUT2D eigenvalue weighted by molar-refractivity contribution is 0.0638. The maximum Gasteiger partial charge on any atom is 0.0639 e. The lowest BCUT2D eigenvalue weighted by Gasteiger charge is -2.38. The van der Waals surface area contributed by atoms with Gasteiger partial charge in [-0.1, -0.05) is 0 Å². The highest BCUT2D eigenvalue weighted by molar-refractivity contribution is 4.77. The SMILES string of the molecule is CC1CN(C[C@H](C)O)CCN1C. The zero-order valence-corrected chi connectivity index (χ0v) is 8.32. The predicted molar refractivity (Wildman–Crippen MR) is 50.2 cm³/mol. The first kappa shape index (κ1) is 9.96. The van der Waals surface area contributed by atoms with Crippen molar-refractivity contribution in [2.75, 3.05) is 33.2 Å². The van der Waals surface area contributed by atoms with Crippen molar-refractivity contribution >= 4 is 0 Å². The Bertz CT molecular complexity index is 138. The second kappa shape index (κ2) is 4.21. The molecule has 0 saturated carbocycles. The number of aliphatic hydroxyl groups is 1. The lowest BCUT2D eigenvalue weighted by atomic mass is 10.2. The van der Waals surface area contributed by atoms with E-state index in [0.717, 1.165) is 26.2 Å². The molecule has 1 N–H and O–H groups in total. The molecule has 0 radical (unpaired) electrons. The summed E-state index contributed by atoms with van der Waals surface area (Å²) in [5, 5.41) is 9.20. The van der Waals surface area contributed by atoms with E-state index in [-0.39, 0.29) is 6.10 Å². The van der Waals surface area contributed by atoms with Gasteiger partial charge >= 0.3 is 0 Å². The number of hydrogen-bond donors (Lipinski definition) is 1. The van der Waals surface area contributed by atoms with Crippen molar-refractivity contribution in [1.82, 2.24) is 9.80 Å². The van der Waals surface area contributed by atoms with Gasteiger partial charge in [0.1, 0.15) is 0 Å². The van der Waals surface area contributed by atoms with Crippen LogP contribution in [0.5, 0.6) is 0 Å². The molecule has 0 aromatic rings. The maximum atomic E-state index is 9.20. The van der Waals surface area contributed by atoms with Gasteiger partial charge in [-0.05, 0) is 20.9 Å². The molecule has 1 heterocycles. The van der Waals surface area contributed by atoms with Gasteiger partial charge in [0, 0.05) is 32.2 Å². The Balaban J connectivity index is 2.30. The number of aliphatic hydroxyl groups excluding tert-OH is 1. The molecule has 1 rings (SSSR count). The van der Waals surface area contributed by atoms with E-state index >= 15 is 0 Å². The van der Waals surface area contributed by atoms with Gasteiger partial charge in [0.25, 0.3) is 0 Å². The van der Waals surface area contributed by atoms with Crippen molar-refractivity contribution in [3.05, 3.63) is 0 Å². The van der Waals surface area contributed by atoms with Gasteiger partial charge in [-0.2, -0.15) is 0 Å². The first-order chi connectivity index (χ1) is 5.59. The van der Waals surface area contributed by atoms with Crippen molar-refractivity contribution in [2.24, 2.45) is 0 Å². The molecule has 1 aliphatic rings. The van der Waals surface area contributed by atoms with Gasteiger partial charge in [0.15, 0.2) is 0 Å². The van der Waals surface area contributed by atoms with E-state index in [1.807, 2.05) is 6.92 Å². The van der Waals surface area contributed by atoms with Crippen molar-refractivity contribution in [2.45, 2.75) is 26.0 Å². The molecule has 1 unspecified atom stereocenters. The number of hydrogen-bond acceptors (Lipinski definition) is 3. The van der Waals surface area contributed by atoms with Crippen LogP contribution in [-0.4, -0.2) is 60.3 Å². The monoisotopic (exact) mass is 172 g/mol. The first-order valence-electron chi connectivity index (χ1n) is 4.70. The highest BCUT2D eigenvalue weighted by atomic mass is 16.3. The van der Waals surface area contributed by atoms with Crippen LogP contribution in [0.3, 0.4) is 0 Å². The van der Waals surface area contributed by atoms with Crippen molar-refractivity contribution in [3.63, 3.8) is 0 Å². The molecule has 1 saturated heterocycles. The van der Waals surface area contributed by atoms with Crippen LogP contribution in [0.25, 0.3) is 0 Å². The Morgan fingerprint density at radius 3 is 2.67 bits per heavy atom. The summed E-state index contributed by atoms with van der Waals surface area (Å²) in [5.74, 6) is 0. The van der Waals surface area contributed by atoms with E-state index in [1.165, 1.54) is 0 Å². The Kier molecular flexibility index (Phi) is 3.50. The fraction of sp³-hybridized carbons (Fsp3) is 1.00. The second-order valence-electron chi connectivity index (χ2n) is 3.94. The molecule has 1 aliphatic heterocycles. The van der Waals surface area contributed by atoms with Gasteiger partial charge in [0.2, 0.25) is 0 Å². The molecule has 2 atom stereocenters. The molecule has 3 nitrogen and oxygen atoms in total. The molecule has 72 valence electrons. The molecule has 1 fully saturated rings. The number of rotatable bonds is 2. The van der Waals surface area contributed by atoms with E-state index < -0.39 is 0 Å². The van der Waals surface area contributed by atoms with E-state index in [1.54, 1.807) is 0 Å². The smallest absolute Gasteiger partial charge is 0.0639 e. The number of likely N-dealkylation sites (N-methyl/N-ethyl adjacent to an activating group) is 1. The van der Waals surface area contributed by atoms with Gasteiger partial charge in [-0.15, -0.1) is 0 Å². The van der Waals surface area contributed by atoms with E-state index in [0.29, 0.717) is 6.04 Å². The summed E-state index contributed by atoms with van der Waals surface area (Å²) in [5.41, 5.74) is 0.